The Labute approximate surface area is 110 Å². The van der Waals surface area contributed by atoms with Gasteiger partial charge in [0.2, 0.25) is 0 Å². The third-order valence-electron chi connectivity index (χ3n) is 3.70. The molecule has 1 aromatic rings. The van der Waals surface area contributed by atoms with Gasteiger partial charge in [0.15, 0.2) is 0 Å². The van der Waals surface area contributed by atoms with E-state index in [0.717, 1.165) is 31.7 Å². The van der Waals surface area contributed by atoms with Gasteiger partial charge in [0.1, 0.15) is 0 Å². The zero-order chi connectivity index (χ0) is 12.8. The highest BCUT2D eigenvalue weighted by Crippen LogP contribution is 2.28. The minimum Gasteiger partial charge on any atom is -0.395 e. The maximum absolute atomic E-state index is 9.05. The number of hydrogen-bond donors (Lipinski definition) is 1. The van der Waals surface area contributed by atoms with Crippen molar-refractivity contribution >= 4 is 0 Å². The number of nitrogens with zero attached hydrogens (tertiary/aromatic N) is 3. The topological polar surface area (TPSA) is 41.3 Å². The van der Waals surface area contributed by atoms with Gasteiger partial charge in [0.25, 0.3) is 0 Å². The van der Waals surface area contributed by atoms with Crippen LogP contribution in [0.3, 0.4) is 0 Å². The summed E-state index contributed by atoms with van der Waals surface area (Å²) < 4.78 is 2.14. The van der Waals surface area contributed by atoms with E-state index >= 15 is 0 Å². The standard InChI is InChI=1S/C14H25N3O/c1-2-8-16(10-11-18)12-13-7-9-17(15-13)14-5-3-4-6-14/h7,9,14,18H,2-6,8,10-12H2,1H3. The van der Waals surface area contributed by atoms with Crippen molar-refractivity contribution in [2.75, 3.05) is 19.7 Å². The Hall–Kier alpha value is -0.870. The first-order chi connectivity index (χ1) is 8.83. The van der Waals surface area contributed by atoms with E-state index in [9.17, 15) is 0 Å². The normalized spacial score (nSPS) is 16.8. The number of aliphatic hydroxyl groups excluding tert-OH is 1. The average molecular weight is 251 g/mol. The summed E-state index contributed by atoms with van der Waals surface area (Å²) in [6, 6.07) is 2.74. The highest BCUT2D eigenvalue weighted by Gasteiger charge is 2.17. The number of aliphatic hydroxyl groups is 1. The molecule has 1 aliphatic rings. The quantitative estimate of drug-likeness (QED) is 0.807. The summed E-state index contributed by atoms with van der Waals surface area (Å²) in [6.07, 6.45) is 8.46. The molecule has 4 heteroatoms. The van der Waals surface area contributed by atoms with Crippen LogP contribution in [0.25, 0.3) is 0 Å². The van der Waals surface area contributed by atoms with Gasteiger partial charge in [-0.05, 0) is 31.9 Å². The SMILES string of the molecule is CCCN(CCO)Cc1ccn(C2CCCC2)n1. The van der Waals surface area contributed by atoms with E-state index < -0.39 is 0 Å². The summed E-state index contributed by atoms with van der Waals surface area (Å²) in [5.74, 6) is 0. The van der Waals surface area contributed by atoms with Crippen LogP contribution >= 0.6 is 0 Å². The second kappa shape index (κ2) is 6.90. The molecular weight excluding hydrogens is 226 g/mol. The molecule has 1 N–H and O–H groups in total. The fourth-order valence-electron chi connectivity index (χ4n) is 2.79. The second-order valence-corrected chi connectivity index (χ2v) is 5.23. The summed E-state index contributed by atoms with van der Waals surface area (Å²) in [5, 5.41) is 13.7. The van der Waals surface area contributed by atoms with E-state index in [1.54, 1.807) is 0 Å². The molecule has 1 aromatic heterocycles. The summed E-state index contributed by atoms with van der Waals surface area (Å²) in [6.45, 7) is 5.01. The van der Waals surface area contributed by atoms with E-state index in [0.29, 0.717) is 6.04 Å². The predicted octanol–water partition coefficient (Wildman–Crippen LogP) is 2.20. The molecule has 0 radical (unpaired) electrons. The van der Waals surface area contributed by atoms with Crippen molar-refractivity contribution in [2.24, 2.45) is 0 Å². The summed E-state index contributed by atoms with van der Waals surface area (Å²) >= 11 is 0. The number of aromatic nitrogens is 2. The number of rotatable bonds is 7. The number of hydrogen-bond acceptors (Lipinski definition) is 3. The zero-order valence-electron chi connectivity index (χ0n) is 11.4. The van der Waals surface area contributed by atoms with Gasteiger partial charge in [0, 0.05) is 19.3 Å². The van der Waals surface area contributed by atoms with E-state index in [-0.39, 0.29) is 6.61 Å². The largest absolute Gasteiger partial charge is 0.395 e. The Morgan fingerprint density at radius 2 is 2.17 bits per heavy atom. The van der Waals surface area contributed by atoms with Gasteiger partial charge >= 0.3 is 0 Å². The first-order valence-corrected chi connectivity index (χ1v) is 7.20. The Kier molecular flexibility index (Phi) is 5.20. The van der Waals surface area contributed by atoms with Gasteiger partial charge in [-0.2, -0.15) is 5.10 Å². The fraction of sp³-hybridized carbons (Fsp3) is 0.786. The molecule has 0 unspecified atom stereocenters. The van der Waals surface area contributed by atoms with Crippen LogP contribution in [0.4, 0.5) is 0 Å². The Bertz CT molecular complexity index is 339. The first-order valence-electron chi connectivity index (χ1n) is 7.20. The van der Waals surface area contributed by atoms with Crippen molar-refractivity contribution in [3.63, 3.8) is 0 Å². The molecular formula is C14H25N3O. The van der Waals surface area contributed by atoms with Crippen LogP contribution in [-0.4, -0.2) is 39.5 Å². The molecule has 0 amide bonds. The monoisotopic (exact) mass is 251 g/mol. The van der Waals surface area contributed by atoms with Gasteiger partial charge in [-0.15, -0.1) is 0 Å². The van der Waals surface area contributed by atoms with Crippen molar-refractivity contribution in [3.05, 3.63) is 18.0 Å². The van der Waals surface area contributed by atoms with Crippen LogP contribution in [0.1, 0.15) is 50.8 Å². The lowest BCUT2D eigenvalue weighted by Crippen LogP contribution is -2.27. The van der Waals surface area contributed by atoms with Crippen molar-refractivity contribution in [3.8, 4) is 0 Å². The van der Waals surface area contributed by atoms with Crippen LogP contribution in [-0.2, 0) is 6.54 Å². The smallest absolute Gasteiger partial charge is 0.0764 e. The van der Waals surface area contributed by atoms with Crippen molar-refractivity contribution < 1.29 is 5.11 Å². The van der Waals surface area contributed by atoms with E-state index in [2.05, 4.69) is 33.9 Å². The second-order valence-electron chi connectivity index (χ2n) is 5.23. The molecule has 1 aliphatic carbocycles. The summed E-state index contributed by atoms with van der Waals surface area (Å²) in [5.41, 5.74) is 1.13. The maximum atomic E-state index is 9.05. The Balaban J connectivity index is 1.91. The lowest BCUT2D eigenvalue weighted by molar-refractivity contribution is 0.188. The predicted molar refractivity (Wildman–Crippen MR) is 72.4 cm³/mol. The van der Waals surface area contributed by atoms with Gasteiger partial charge in [-0.3, -0.25) is 9.58 Å². The molecule has 2 rings (SSSR count). The Morgan fingerprint density at radius 3 is 2.83 bits per heavy atom. The molecule has 0 aromatic carbocycles. The lowest BCUT2D eigenvalue weighted by Gasteiger charge is -2.19. The highest BCUT2D eigenvalue weighted by molar-refractivity contribution is 5.00. The molecule has 1 heterocycles. The molecule has 102 valence electrons. The third-order valence-corrected chi connectivity index (χ3v) is 3.70. The molecule has 0 bridgehead atoms. The van der Waals surface area contributed by atoms with Gasteiger partial charge < -0.3 is 5.11 Å². The molecule has 4 nitrogen and oxygen atoms in total. The molecule has 0 saturated heterocycles. The van der Waals surface area contributed by atoms with Crippen LogP contribution in [0.15, 0.2) is 12.3 Å². The summed E-state index contributed by atoms with van der Waals surface area (Å²) in [7, 11) is 0. The minimum absolute atomic E-state index is 0.226. The van der Waals surface area contributed by atoms with Crippen molar-refractivity contribution in [1.82, 2.24) is 14.7 Å². The maximum Gasteiger partial charge on any atom is 0.0764 e. The molecule has 1 saturated carbocycles. The highest BCUT2D eigenvalue weighted by atomic mass is 16.3. The van der Waals surface area contributed by atoms with E-state index in [4.69, 9.17) is 5.11 Å². The minimum atomic E-state index is 0.226. The fourth-order valence-corrected chi connectivity index (χ4v) is 2.79. The third kappa shape index (κ3) is 3.56. The van der Waals surface area contributed by atoms with Crippen molar-refractivity contribution in [2.45, 2.75) is 51.6 Å². The lowest BCUT2D eigenvalue weighted by atomic mass is 10.3. The van der Waals surface area contributed by atoms with Gasteiger partial charge in [-0.25, -0.2) is 0 Å². The zero-order valence-corrected chi connectivity index (χ0v) is 11.4. The van der Waals surface area contributed by atoms with Gasteiger partial charge in [-0.1, -0.05) is 19.8 Å². The van der Waals surface area contributed by atoms with E-state index in [1.807, 2.05) is 0 Å². The molecule has 0 atom stereocenters. The first kappa shape index (κ1) is 13.6. The van der Waals surface area contributed by atoms with Crippen LogP contribution < -0.4 is 0 Å². The van der Waals surface area contributed by atoms with Gasteiger partial charge in [0.05, 0.1) is 18.3 Å². The molecule has 18 heavy (non-hydrogen) atoms. The van der Waals surface area contributed by atoms with Crippen molar-refractivity contribution in [1.29, 1.82) is 0 Å². The van der Waals surface area contributed by atoms with E-state index in [1.165, 1.54) is 25.7 Å². The summed E-state index contributed by atoms with van der Waals surface area (Å²) in [4.78, 5) is 2.27. The Morgan fingerprint density at radius 1 is 1.39 bits per heavy atom. The van der Waals surface area contributed by atoms with Crippen LogP contribution in [0, 0.1) is 0 Å². The molecule has 0 spiro atoms. The average Bonchev–Trinajstić information content (AvgIpc) is 2.98. The molecule has 0 aliphatic heterocycles. The molecule has 1 fully saturated rings. The van der Waals surface area contributed by atoms with Crippen LogP contribution in [0.2, 0.25) is 0 Å². The van der Waals surface area contributed by atoms with Crippen LogP contribution in [0.5, 0.6) is 0 Å².